The van der Waals surface area contributed by atoms with Gasteiger partial charge in [-0.25, -0.2) is 9.50 Å². The molecule has 4 aromatic rings. The number of nitrogens with zero attached hydrogens (tertiary/aromatic N) is 3. The van der Waals surface area contributed by atoms with Gasteiger partial charge >= 0.3 is 0 Å². The second kappa shape index (κ2) is 6.99. The molecular formula is C21H19N3O3. The highest BCUT2D eigenvalue weighted by Gasteiger charge is 2.13. The first-order valence-corrected chi connectivity index (χ1v) is 8.44. The van der Waals surface area contributed by atoms with E-state index in [1.807, 2.05) is 54.7 Å². The maximum atomic E-state index is 5.42. The number of aromatic nitrogens is 3. The molecular weight excluding hydrogens is 342 g/mol. The fourth-order valence-corrected chi connectivity index (χ4v) is 3.02. The highest BCUT2D eigenvalue weighted by Crippen LogP contribution is 2.34. The van der Waals surface area contributed by atoms with Crippen LogP contribution in [0.1, 0.15) is 0 Å². The molecule has 0 aliphatic heterocycles. The first kappa shape index (κ1) is 16.9. The Morgan fingerprint density at radius 3 is 2.44 bits per heavy atom. The molecule has 6 nitrogen and oxygen atoms in total. The normalized spacial score (nSPS) is 10.8. The van der Waals surface area contributed by atoms with E-state index in [9.17, 15) is 0 Å². The van der Waals surface area contributed by atoms with Crippen molar-refractivity contribution < 1.29 is 14.2 Å². The Bertz CT molecular complexity index is 1100. The predicted molar refractivity (Wildman–Crippen MR) is 104 cm³/mol. The molecule has 0 fully saturated rings. The second-order valence-corrected chi connectivity index (χ2v) is 5.94. The Hall–Kier alpha value is -3.54. The molecule has 0 radical (unpaired) electrons. The Morgan fingerprint density at radius 2 is 1.67 bits per heavy atom. The van der Waals surface area contributed by atoms with E-state index in [1.165, 1.54) is 0 Å². The summed E-state index contributed by atoms with van der Waals surface area (Å²) in [6.07, 6.45) is 3.71. The minimum Gasteiger partial charge on any atom is -0.497 e. The van der Waals surface area contributed by atoms with Crippen LogP contribution in [-0.2, 0) is 0 Å². The van der Waals surface area contributed by atoms with Crippen LogP contribution >= 0.6 is 0 Å². The molecule has 0 aliphatic rings. The van der Waals surface area contributed by atoms with Gasteiger partial charge in [-0.1, -0.05) is 18.2 Å². The van der Waals surface area contributed by atoms with Crippen molar-refractivity contribution >= 4 is 5.65 Å². The molecule has 0 bridgehead atoms. The first-order valence-electron chi connectivity index (χ1n) is 8.44. The Labute approximate surface area is 157 Å². The fourth-order valence-electron chi connectivity index (χ4n) is 3.02. The summed E-state index contributed by atoms with van der Waals surface area (Å²) in [6, 6.07) is 15.5. The average molecular weight is 361 g/mol. The summed E-state index contributed by atoms with van der Waals surface area (Å²) in [5.74, 6) is 2.14. The van der Waals surface area contributed by atoms with Crippen LogP contribution in [0, 0.1) is 0 Å². The van der Waals surface area contributed by atoms with Crippen molar-refractivity contribution in [3.8, 4) is 39.6 Å². The van der Waals surface area contributed by atoms with Gasteiger partial charge in [0.25, 0.3) is 0 Å². The molecule has 0 spiro atoms. The van der Waals surface area contributed by atoms with Gasteiger partial charge in [-0.05, 0) is 35.9 Å². The number of methoxy groups -OCH3 is 3. The molecule has 0 N–H and O–H groups in total. The van der Waals surface area contributed by atoms with Crippen molar-refractivity contribution in [1.29, 1.82) is 0 Å². The summed E-state index contributed by atoms with van der Waals surface area (Å²) in [4.78, 5) is 4.83. The molecule has 2 heterocycles. The van der Waals surface area contributed by atoms with Crippen molar-refractivity contribution in [3.63, 3.8) is 0 Å². The van der Waals surface area contributed by atoms with Crippen molar-refractivity contribution in [2.24, 2.45) is 0 Å². The third-order valence-corrected chi connectivity index (χ3v) is 4.43. The lowest BCUT2D eigenvalue weighted by atomic mass is 10.1. The van der Waals surface area contributed by atoms with Gasteiger partial charge < -0.3 is 14.2 Å². The zero-order chi connectivity index (χ0) is 18.8. The zero-order valence-electron chi connectivity index (χ0n) is 15.3. The number of ether oxygens (including phenoxy) is 3. The second-order valence-electron chi connectivity index (χ2n) is 5.94. The number of rotatable bonds is 5. The molecule has 136 valence electrons. The molecule has 0 saturated heterocycles. The lowest BCUT2D eigenvalue weighted by molar-refractivity contribution is 0.355. The third kappa shape index (κ3) is 3.06. The van der Waals surface area contributed by atoms with E-state index in [-0.39, 0.29) is 0 Å². The first-order chi connectivity index (χ1) is 13.2. The lowest BCUT2D eigenvalue weighted by Crippen LogP contribution is -1.94. The summed E-state index contributed by atoms with van der Waals surface area (Å²) in [5, 5.41) is 4.42. The summed E-state index contributed by atoms with van der Waals surface area (Å²) in [6.45, 7) is 0. The average Bonchev–Trinajstić information content (AvgIpc) is 3.16. The Balaban J connectivity index is 1.83. The van der Waals surface area contributed by atoms with Crippen LogP contribution in [0.5, 0.6) is 17.2 Å². The van der Waals surface area contributed by atoms with Crippen LogP contribution in [0.2, 0.25) is 0 Å². The van der Waals surface area contributed by atoms with Gasteiger partial charge in [0.1, 0.15) is 5.75 Å². The number of fused-ring (bicyclic) bond motifs is 1. The summed E-state index contributed by atoms with van der Waals surface area (Å²) in [7, 11) is 4.90. The molecule has 27 heavy (non-hydrogen) atoms. The van der Waals surface area contributed by atoms with Crippen LogP contribution in [-0.4, -0.2) is 35.9 Å². The Morgan fingerprint density at radius 1 is 0.815 bits per heavy atom. The van der Waals surface area contributed by atoms with Crippen molar-refractivity contribution in [2.75, 3.05) is 21.3 Å². The van der Waals surface area contributed by atoms with Crippen LogP contribution in [0.4, 0.5) is 0 Å². The monoisotopic (exact) mass is 361 g/mol. The van der Waals surface area contributed by atoms with Crippen molar-refractivity contribution in [2.45, 2.75) is 0 Å². The molecule has 0 amide bonds. The van der Waals surface area contributed by atoms with Gasteiger partial charge in [0.15, 0.2) is 17.1 Å². The topological polar surface area (TPSA) is 57.9 Å². The lowest BCUT2D eigenvalue weighted by Gasteiger charge is -2.09. The van der Waals surface area contributed by atoms with Gasteiger partial charge in [-0.2, -0.15) is 5.10 Å². The quantitative estimate of drug-likeness (QED) is 0.536. The number of hydrogen-bond donors (Lipinski definition) is 0. The Kier molecular flexibility index (Phi) is 4.38. The van der Waals surface area contributed by atoms with E-state index in [1.54, 1.807) is 32.0 Å². The van der Waals surface area contributed by atoms with Crippen molar-refractivity contribution in [3.05, 3.63) is 60.9 Å². The smallest absolute Gasteiger partial charge is 0.163 e. The van der Waals surface area contributed by atoms with Gasteiger partial charge in [0.2, 0.25) is 0 Å². The number of hydrogen-bond acceptors (Lipinski definition) is 5. The van der Waals surface area contributed by atoms with Gasteiger partial charge in [0.05, 0.1) is 33.2 Å². The zero-order valence-corrected chi connectivity index (χ0v) is 15.3. The summed E-state index contributed by atoms with van der Waals surface area (Å²) >= 11 is 0. The van der Waals surface area contributed by atoms with Crippen LogP contribution in [0.25, 0.3) is 28.0 Å². The summed E-state index contributed by atoms with van der Waals surface area (Å²) < 4.78 is 17.8. The van der Waals surface area contributed by atoms with Gasteiger partial charge in [-0.3, -0.25) is 0 Å². The highest BCUT2D eigenvalue weighted by atomic mass is 16.5. The van der Waals surface area contributed by atoms with E-state index in [4.69, 9.17) is 19.2 Å². The highest BCUT2D eigenvalue weighted by molar-refractivity contribution is 5.80. The molecule has 4 rings (SSSR count). The molecule has 0 saturated carbocycles. The molecule has 2 aromatic carbocycles. The van der Waals surface area contributed by atoms with Crippen LogP contribution in [0.3, 0.4) is 0 Å². The van der Waals surface area contributed by atoms with Gasteiger partial charge in [0, 0.05) is 17.3 Å². The number of benzene rings is 2. The van der Waals surface area contributed by atoms with E-state index in [0.717, 1.165) is 33.8 Å². The maximum absolute atomic E-state index is 5.42. The largest absolute Gasteiger partial charge is 0.497 e. The molecule has 0 aliphatic carbocycles. The summed E-state index contributed by atoms with van der Waals surface area (Å²) in [5.41, 5.74) is 4.47. The minimum absolute atomic E-state index is 0.665. The maximum Gasteiger partial charge on any atom is 0.163 e. The molecule has 6 heteroatoms. The minimum atomic E-state index is 0.665. The molecule has 2 aromatic heterocycles. The molecule has 0 atom stereocenters. The SMILES string of the molecule is COc1cccc(-c2ccn3ncc(-c4ccc(OC)c(OC)c4)c3n2)c1. The standard InChI is InChI=1S/C21H19N3O3/c1-25-16-6-4-5-15(11-16)18-9-10-24-21(23-18)17(13-22-24)14-7-8-19(26-2)20(12-14)27-3/h4-13H,1-3H3. The van der Waals surface area contributed by atoms with E-state index >= 15 is 0 Å². The third-order valence-electron chi connectivity index (χ3n) is 4.43. The van der Waals surface area contributed by atoms with Gasteiger partial charge in [-0.15, -0.1) is 0 Å². The fraction of sp³-hybridized carbons (Fsp3) is 0.143. The van der Waals surface area contributed by atoms with E-state index in [0.29, 0.717) is 11.5 Å². The molecule has 0 unspecified atom stereocenters. The van der Waals surface area contributed by atoms with Crippen molar-refractivity contribution in [1.82, 2.24) is 14.6 Å². The van der Waals surface area contributed by atoms with E-state index in [2.05, 4.69) is 5.10 Å². The predicted octanol–water partition coefficient (Wildman–Crippen LogP) is 4.09. The van der Waals surface area contributed by atoms with Crippen LogP contribution in [0.15, 0.2) is 60.9 Å². The van der Waals surface area contributed by atoms with E-state index < -0.39 is 0 Å². The van der Waals surface area contributed by atoms with Crippen LogP contribution < -0.4 is 14.2 Å².